The number of halogens is 1. The Kier molecular flexibility index (Phi) is 8.39. The predicted molar refractivity (Wildman–Crippen MR) is 129 cm³/mol. The molecular weight excluding hydrogens is 542 g/mol. The van der Waals surface area contributed by atoms with Crippen LogP contribution in [0.5, 0.6) is 0 Å². The standard InChI is InChI=1S/C22H30BrN5O8/c1-8(2)18(30)33-7-11-13(35-19(31)9(3)4)14(36-20(32)10(5)6)17(34-11)28-15-12(25-21(28)23)16(29)27-22(24)26-15/h8-11,13-14,17H,7H2,1-6H3,(H3,24,26,27,29)/t11-,13-,14-,17-/m1/s1. The van der Waals surface area contributed by atoms with Gasteiger partial charge in [-0.05, 0) is 15.9 Å². The third-order valence-corrected chi connectivity index (χ3v) is 5.93. The van der Waals surface area contributed by atoms with E-state index in [2.05, 4.69) is 30.9 Å². The maximum atomic E-state index is 12.7. The maximum Gasteiger partial charge on any atom is 0.308 e. The van der Waals surface area contributed by atoms with Crippen molar-refractivity contribution in [2.24, 2.45) is 17.8 Å². The molecule has 2 aromatic rings. The number of anilines is 1. The molecule has 1 saturated heterocycles. The average Bonchev–Trinajstić information content (AvgIpc) is 3.28. The van der Waals surface area contributed by atoms with Crippen molar-refractivity contribution in [3.8, 4) is 0 Å². The van der Waals surface area contributed by atoms with Gasteiger partial charge in [0.1, 0.15) is 12.7 Å². The first-order valence-electron chi connectivity index (χ1n) is 11.5. The zero-order valence-corrected chi connectivity index (χ0v) is 22.4. The summed E-state index contributed by atoms with van der Waals surface area (Å²) in [6.07, 6.45) is -4.50. The lowest BCUT2D eigenvalue weighted by Crippen LogP contribution is -2.42. The van der Waals surface area contributed by atoms with Gasteiger partial charge in [-0.15, -0.1) is 0 Å². The van der Waals surface area contributed by atoms with Crippen LogP contribution in [0, 0.1) is 17.8 Å². The Bertz CT molecular complexity index is 1210. The lowest BCUT2D eigenvalue weighted by atomic mass is 10.1. The second-order valence-electron chi connectivity index (χ2n) is 9.34. The molecule has 0 saturated carbocycles. The van der Waals surface area contributed by atoms with E-state index >= 15 is 0 Å². The van der Waals surface area contributed by atoms with Gasteiger partial charge < -0.3 is 24.7 Å². The van der Waals surface area contributed by atoms with Crippen LogP contribution >= 0.6 is 15.9 Å². The molecule has 1 aliphatic heterocycles. The molecule has 0 spiro atoms. The summed E-state index contributed by atoms with van der Waals surface area (Å²) < 4.78 is 24.5. The van der Waals surface area contributed by atoms with Crippen molar-refractivity contribution >= 4 is 51.0 Å². The molecule has 0 amide bonds. The second kappa shape index (κ2) is 10.9. The van der Waals surface area contributed by atoms with Crippen LogP contribution in [0.25, 0.3) is 11.2 Å². The van der Waals surface area contributed by atoms with Gasteiger partial charge in [0.05, 0.1) is 17.8 Å². The number of hydrogen-bond donors (Lipinski definition) is 2. The van der Waals surface area contributed by atoms with Gasteiger partial charge in [0.25, 0.3) is 5.56 Å². The first-order valence-corrected chi connectivity index (χ1v) is 12.3. The number of nitrogens with one attached hydrogen (secondary N) is 1. The number of fused-ring (bicyclic) bond motifs is 1. The van der Waals surface area contributed by atoms with E-state index in [0.29, 0.717) is 0 Å². The molecule has 0 unspecified atom stereocenters. The van der Waals surface area contributed by atoms with Crippen LogP contribution in [-0.4, -0.2) is 62.3 Å². The summed E-state index contributed by atoms with van der Waals surface area (Å²) in [5.74, 6) is -3.20. The minimum Gasteiger partial charge on any atom is -0.463 e. The van der Waals surface area contributed by atoms with E-state index in [1.807, 2.05) is 0 Å². The fourth-order valence-corrected chi connectivity index (χ4v) is 3.94. The molecule has 198 valence electrons. The first kappa shape index (κ1) is 27.6. The molecule has 3 heterocycles. The van der Waals surface area contributed by atoms with E-state index in [1.165, 1.54) is 4.57 Å². The normalized spacial score (nSPS) is 21.9. The van der Waals surface area contributed by atoms with Gasteiger partial charge in [-0.3, -0.25) is 28.7 Å². The zero-order valence-electron chi connectivity index (χ0n) is 20.8. The van der Waals surface area contributed by atoms with Crippen molar-refractivity contribution in [2.75, 3.05) is 12.3 Å². The molecule has 2 aromatic heterocycles. The summed E-state index contributed by atoms with van der Waals surface area (Å²) >= 11 is 3.30. The van der Waals surface area contributed by atoms with Crippen LogP contribution in [0.15, 0.2) is 9.53 Å². The van der Waals surface area contributed by atoms with Crippen molar-refractivity contribution in [3.63, 3.8) is 0 Å². The number of aromatic amines is 1. The Hall–Kier alpha value is -3.00. The van der Waals surface area contributed by atoms with Gasteiger partial charge in [-0.2, -0.15) is 4.98 Å². The smallest absolute Gasteiger partial charge is 0.308 e. The summed E-state index contributed by atoms with van der Waals surface area (Å²) in [5.41, 5.74) is 5.16. The van der Waals surface area contributed by atoms with E-state index in [4.69, 9.17) is 24.7 Å². The number of rotatable bonds is 8. The highest BCUT2D eigenvalue weighted by atomic mass is 79.9. The highest BCUT2D eigenvalue weighted by Gasteiger charge is 2.52. The van der Waals surface area contributed by atoms with Crippen LogP contribution in [0.4, 0.5) is 5.95 Å². The fourth-order valence-electron chi connectivity index (χ4n) is 3.39. The molecular formula is C22H30BrN5O8. The Balaban J connectivity index is 2.11. The number of carbonyl (C=O) groups is 3. The Morgan fingerprint density at radius 3 is 2.11 bits per heavy atom. The zero-order chi connectivity index (χ0) is 26.9. The minimum atomic E-state index is -1.19. The van der Waals surface area contributed by atoms with Crippen LogP contribution < -0.4 is 11.3 Å². The van der Waals surface area contributed by atoms with Crippen molar-refractivity contribution in [1.82, 2.24) is 19.5 Å². The van der Waals surface area contributed by atoms with Gasteiger partial charge >= 0.3 is 17.9 Å². The van der Waals surface area contributed by atoms with Crippen molar-refractivity contribution in [2.45, 2.75) is 66.1 Å². The largest absolute Gasteiger partial charge is 0.463 e. The third-order valence-electron chi connectivity index (χ3n) is 5.37. The molecule has 1 aliphatic rings. The molecule has 1 fully saturated rings. The Morgan fingerprint density at radius 2 is 1.56 bits per heavy atom. The molecule has 14 heteroatoms. The van der Waals surface area contributed by atoms with Gasteiger partial charge in [0.2, 0.25) is 5.95 Å². The van der Waals surface area contributed by atoms with E-state index in [-0.39, 0.29) is 28.5 Å². The summed E-state index contributed by atoms with van der Waals surface area (Å²) in [6.45, 7) is 9.66. The second-order valence-corrected chi connectivity index (χ2v) is 10.0. The van der Waals surface area contributed by atoms with Gasteiger partial charge in [-0.1, -0.05) is 41.5 Å². The van der Waals surface area contributed by atoms with Crippen LogP contribution in [0.1, 0.15) is 47.8 Å². The third kappa shape index (κ3) is 5.69. The number of nitrogens with zero attached hydrogens (tertiary/aromatic N) is 3. The Labute approximate surface area is 215 Å². The number of nitrogen functional groups attached to an aromatic ring is 1. The number of imidazole rings is 1. The van der Waals surface area contributed by atoms with Crippen molar-refractivity contribution < 1.29 is 33.3 Å². The van der Waals surface area contributed by atoms with Crippen molar-refractivity contribution in [1.29, 1.82) is 0 Å². The molecule has 3 rings (SSSR count). The molecule has 36 heavy (non-hydrogen) atoms. The molecule has 0 aliphatic carbocycles. The Morgan fingerprint density at radius 1 is 1.00 bits per heavy atom. The van der Waals surface area contributed by atoms with Crippen molar-refractivity contribution in [3.05, 3.63) is 15.1 Å². The van der Waals surface area contributed by atoms with Gasteiger partial charge in [0, 0.05) is 0 Å². The summed E-state index contributed by atoms with van der Waals surface area (Å²) in [4.78, 5) is 60.5. The topological polar surface area (TPSA) is 178 Å². The van der Waals surface area contributed by atoms with E-state index in [9.17, 15) is 19.2 Å². The van der Waals surface area contributed by atoms with E-state index in [0.717, 1.165) is 0 Å². The number of aromatic nitrogens is 4. The van der Waals surface area contributed by atoms with Gasteiger partial charge in [-0.25, -0.2) is 4.98 Å². The van der Waals surface area contributed by atoms with Gasteiger partial charge in [0.15, 0.2) is 34.3 Å². The summed E-state index contributed by atoms with van der Waals surface area (Å²) in [6, 6.07) is 0. The average molecular weight is 572 g/mol. The minimum absolute atomic E-state index is 0.0426. The number of nitrogens with two attached hydrogens (primary N) is 1. The lowest BCUT2D eigenvalue weighted by Gasteiger charge is -2.26. The molecule has 13 nitrogen and oxygen atoms in total. The highest BCUT2D eigenvalue weighted by Crippen LogP contribution is 2.38. The summed E-state index contributed by atoms with van der Waals surface area (Å²) in [5, 5.41) is 0. The number of ether oxygens (including phenoxy) is 4. The highest BCUT2D eigenvalue weighted by molar-refractivity contribution is 9.10. The van der Waals surface area contributed by atoms with Crippen LogP contribution in [0.2, 0.25) is 0 Å². The molecule has 3 N–H and O–H groups in total. The van der Waals surface area contributed by atoms with E-state index in [1.54, 1.807) is 41.5 Å². The molecule has 4 atom stereocenters. The number of H-pyrrole nitrogens is 1. The fraction of sp³-hybridized carbons (Fsp3) is 0.636. The SMILES string of the molecule is CC(C)C(=O)OC[C@H]1O[C@@H](n2c(Br)nc3c(=O)[nH]c(N)nc32)[C@H](OC(=O)C(C)C)[C@@H]1OC(=O)C(C)C. The van der Waals surface area contributed by atoms with Crippen LogP contribution in [0.3, 0.4) is 0 Å². The quantitative estimate of drug-likeness (QED) is 0.267. The predicted octanol–water partition coefficient (Wildman–Crippen LogP) is 1.70. The molecule has 0 radical (unpaired) electrons. The monoisotopic (exact) mass is 571 g/mol. The number of esters is 3. The van der Waals surface area contributed by atoms with E-state index < -0.39 is 65.8 Å². The van der Waals surface area contributed by atoms with Crippen LogP contribution in [-0.2, 0) is 33.3 Å². The number of hydrogen-bond acceptors (Lipinski definition) is 11. The summed E-state index contributed by atoms with van der Waals surface area (Å²) in [7, 11) is 0. The maximum absolute atomic E-state index is 12.7. The number of carbonyl (C=O) groups excluding carboxylic acids is 3. The molecule has 0 aromatic carbocycles. The lowest BCUT2D eigenvalue weighted by molar-refractivity contribution is -0.173. The first-order chi connectivity index (χ1) is 16.8. The molecule has 0 bridgehead atoms.